The van der Waals surface area contributed by atoms with Crippen LogP contribution < -0.4 is 0 Å². The Morgan fingerprint density at radius 1 is 1.38 bits per heavy atom. The number of likely N-dealkylation sites (tertiary alicyclic amines) is 1. The van der Waals surface area contributed by atoms with E-state index in [9.17, 15) is 4.79 Å². The third-order valence-corrected chi connectivity index (χ3v) is 4.21. The van der Waals surface area contributed by atoms with Gasteiger partial charge in [0.05, 0.1) is 13.7 Å². The van der Waals surface area contributed by atoms with Crippen LogP contribution in [0.2, 0.25) is 0 Å². The van der Waals surface area contributed by atoms with Crippen molar-refractivity contribution in [3.05, 3.63) is 35.9 Å². The average Bonchev–Trinajstić information content (AvgIpc) is 2.80. The highest BCUT2D eigenvalue weighted by molar-refractivity contribution is 5.68. The number of carbonyl (C=O) groups is 1. The highest BCUT2D eigenvalue weighted by atomic mass is 17.2. The molecule has 5 nitrogen and oxygen atoms in total. The number of rotatable bonds is 5. The lowest BCUT2D eigenvalue weighted by Crippen LogP contribution is -2.34. The van der Waals surface area contributed by atoms with Gasteiger partial charge in [0.2, 0.25) is 0 Å². The Balaban J connectivity index is 1.86. The molecule has 2 rings (SSSR count). The molecule has 1 aromatic carbocycles. The van der Waals surface area contributed by atoms with Gasteiger partial charge in [0.25, 0.3) is 0 Å². The van der Waals surface area contributed by atoms with E-state index in [0.29, 0.717) is 32.2 Å². The largest absolute Gasteiger partial charge is 0.445 e. The summed E-state index contributed by atoms with van der Waals surface area (Å²) in [5.41, 5.74) is 0.880. The van der Waals surface area contributed by atoms with Crippen LogP contribution in [0, 0.1) is 11.3 Å². The van der Waals surface area contributed by atoms with Gasteiger partial charge in [0.1, 0.15) is 6.61 Å². The minimum Gasteiger partial charge on any atom is -0.445 e. The van der Waals surface area contributed by atoms with E-state index >= 15 is 0 Å². The molecule has 1 aliphatic heterocycles. The van der Waals surface area contributed by atoms with Crippen molar-refractivity contribution in [1.82, 2.24) is 4.90 Å². The normalized spacial score (nSPS) is 25.1. The molecule has 1 saturated heterocycles. The van der Waals surface area contributed by atoms with Gasteiger partial charge in [-0.2, -0.15) is 0 Å². The van der Waals surface area contributed by atoms with Crippen LogP contribution in [0.3, 0.4) is 0 Å². The van der Waals surface area contributed by atoms with Gasteiger partial charge >= 0.3 is 6.09 Å². The standard InChI is InChI=1S/C16H23NO4/c1-13-9-17(11-16(13,2)12-21-19-3)15(18)20-10-14-7-5-4-6-8-14/h4-8,13H,9-12H2,1-3H3/t13-,16-/m0/s1. The highest BCUT2D eigenvalue weighted by Gasteiger charge is 2.43. The number of nitrogens with zero attached hydrogens (tertiary/aromatic N) is 1. The molecule has 1 amide bonds. The van der Waals surface area contributed by atoms with E-state index in [4.69, 9.17) is 9.62 Å². The van der Waals surface area contributed by atoms with Crippen molar-refractivity contribution in [3.63, 3.8) is 0 Å². The molecule has 2 atom stereocenters. The number of hydrogen-bond donors (Lipinski definition) is 0. The molecular weight excluding hydrogens is 270 g/mol. The maximum Gasteiger partial charge on any atom is 0.410 e. The zero-order chi connectivity index (χ0) is 15.3. The first kappa shape index (κ1) is 15.8. The molecule has 1 aromatic rings. The van der Waals surface area contributed by atoms with Gasteiger partial charge in [-0.1, -0.05) is 44.2 Å². The van der Waals surface area contributed by atoms with E-state index in [1.807, 2.05) is 30.3 Å². The Morgan fingerprint density at radius 2 is 2.10 bits per heavy atom. The molecule has 0 saturated carbocycles. The van der Waals surface area contributed by atoms with E-state index in [1.54, 1.807) is 4.90 Å². The number of carbonyl (C=O) groups excluding carboxylic acids is 1. The fourth-order valence-corrected chi connectivity index (χ4v) is 2.54. The SMILES string of the molecule is COOC[C@]1(C)CN(C(=O)OCc2ccccc2)C[C@@H]1C. The Kier molecular flexibility index (Phi) is 5.20. The number of amides is 1. The second kappa shape index (κ2) is 6.91. The monoisotopic (exact) mass is 293 g/mol. The fraction of sp³-hybridized carbons (Fsp3) is 0.562. The van der Waals surface area contributed by atoms with Gasteiger partial charge in [-0.05, 0) is 11.5 Å². The summed E-state index contributed by atoms with van der Waals surface area (Å²) in [4.78, 5) is 23.7. The van der Waals surface area contributed by atoms with Crippen molar-refractivity contribution in [2.75, 3.05) is 26.8 Å². The summed E-state index contributed by atoms with van der Waals surface area (Å²) in [5.74, 6) is 0.330. The lowest BCUT2D eigenvalue weighted by atomic mass is 9.82. The van der Waals surface area contributed by atoms with Crippen LogP contribution in [0.25, 0.3) is 0 Å². The average molecular weight is 293 g/mol. The smallest absolute Gasteiger partial charge is 0.410 e. The zero-order valence-electron chi connectivity index (χ0n) is 12.9. The van der Waals surface area contributed by atoms with Gasteiger partial charge in [-0.25, -0.2) is 14.6 Å². The van der Waals surface area contributed by atoms with E-state index in [0.717, 1.165) is 5.56 Å². The summed E-state index contributed by atoms with van der Waals surface area (Å²) in [7, 11) is 1.49. The van der Waals surface area contributed by atoms with Gasteiger partial charge in [0, 0.05) is 18.5 Å². The molecule has 0 bridgehead atoms. The molecule has 1 fully saturated rings. The second-order valence-corrected chi connectivity index (χ2v) is 5.90. The van der Waals surface area contributed by atoms with Crippen LogP contribution in [-0.2, 0) is 21.1 Å². The van der Waals surface area contributed by atoms with Crippen molar-refractivity contribution in [2.24, 2.45) is 11.3 Å². The summed E-state index contributed by atoms with van der Waals surface area (Å²) in [6, 6.07) is 9.68. The third-order valence-electron chi connectivity index (χ3n) is 4.21. The zero-order valence-corrected chi connectivity index (χ0v) is 12.9. The van der Waals surface area contributed by atoms with Gasteiger partial charge in [0.15, 0.2) is 0 Å². The minimum atomic E-state index is -0.271. The van der Waals surface area contributed by atoms with Crippen LogP contribution in [-0.4, -0.2) is 37.8 Å². The molecule has 0 N–H and O–H groups in total. The Labute approximate surface area is 125 Å². The van der Waals surface area contributed by atoms with Crippen molar-refractivity contribution >= 4 is 6.09 Å². The molecule has 1 heterocycles. The predicted molar refractivity (Wildman–Crippen MR) is 78.4 cm³/mol. The minimum absolute atomic E-state index is 0.109. The van der Waals surface area contributed by atoms with Crippen LogP contribution in [0.1, 0.15) is 19.4 Å². The molecule has 0 aliphatic carbocycles. The topological polar surface area (TPSA) is 48.0 Å². The number of hydrogen-bond acceptors (Lipinski definition) is 4. The fourth-order valence-electron chi connectivity index (χ4n) is 2.54. The van der Waals surface area contributed by atoms with Gasteiger partial charge in [-0.3, -0.25) is 0 Å². The molecule has 1 aliphatic rings. The van der Waals surface area contributed by atoms with Gasteiger partial charge < -0.3 is 9.64 Å². The quantitative estimate of drug-likeness (QED) is 0.618. The Bertz CT molecular complexity index is 465. The first-order valence-electron chi connectivity index (χ1n) is 7.16. The molecule has 0 spiro atoms. The summed E-state index contributed by atoms with van der Waals surface area (Å²) in [6.07, 6.45) is -0.271. The van der Waals surface area contributed by atoms with Crippen LogP contribution in [0.5, 0.6) is 0 Å². The summed E-state index contributed by atoms with van der Waals surface area (Å²) < 4.78 is 5.37. The van der Waals surface area contributed by atoms with Gasteiger partial charge in [-0.15, -0.1) is 0 Å². The van der Waals surface area contributed by atoms with Crippen molar-refractivity contribution < 1.29 is 19.3 Å². The van der Waals surface area contributed by atoms with Crippen molar-refractivity contribution in [1.29, 1.82) is 0 Å². The third kappa shape index (κ3) is 3.95. The van der Waals surface area contributed by atoms with E-state index < -0.39 is 0 Å². The molecule has 0 radical (unpaired) electrons. The molecule has 0 aromatic heterocycles. The highest BCUT2D eigenvalue weighted by Crippen LogP contribution is 2.36. The molecule has 0 unspecified atom stereocenters. The maximum atomic E-state index is 12.2. The molecular formula is C16H23NO4. The van der Waals surface area contributed by atoms with Crippen molar-refractivity contribution in [2.45, 2.75) is 20.5 Å². The first-order valence-corrected chi connectivity index (χ1v) is 7.16. The number of ether oxygens (including phenoxy) is 1. The maximum absolute atomic E-state index is 12.2. The summed E-state index contributed by atoms with van der Waals surface area (Å²) in [5, 5.41) is 0. The lowest BCUT2D eigenvalue weighted by molar-refractivity contribution is -0.289. The Hall–Kier alpha value is -1.59. The van der Waals surface area contributed by atoms with E-state index in [2.05, 4.69) is 18.7 Å². The molecule has 5 heteroatoms. The van der Waals surface area contributed by atoms with Crippen LogP contribution in [0.15, 0.2) is 30.3 Å². The molecule has 21 heavy (non-hydrogen) atoms. The summed E-state index contributed by atoms with van der Waals surface area (Å²) >= 11 is 0. The second-order valence-electron chi connectivity index (χ2n) is 5.90. The van der Waals surface area contributed by atoms with E-state index in [1.165, 1.54) is 7.11 Å². The van der Waals surface area contributed by atoms with E-state index in [-0.39, 0.29) is 11.5 Å². The molecule has 116 valence electrons. The van der Waals surface area contributed by atoms with Crippen LogP contribution in [0.4, 0.5) is 4.79 Å². The van der Waals surface area contributed by atoms with Crippen molar-refractivity contribution in [3.8, 4) is 0 Å². The Morgan fingerprint density at radius 3 is 2.76 bits per heavy atom. The summed E-state index contributed by atoms with van der Waals surface area (Å²) in [6.45, 7) is 6.27. The van der Waals surface area contributed by atoms with Crippen LogP contribution >= 0.6 is 0 Å². The number of benzene rings is 1. The first-order chi connectivity index (χ1) is 10.0. The lowest BCUT2D eigenvalue weighted by Gasteiger charge is -2.26. The predicted octanol–water partition coefficient (Wildman–Crippen LogP) is 2.86.